The van der Waals surface area contributed by atoms with E-state index in [1.165, 1.54) is 6.33 Å². The first-order chi connectivity index (χ1) is 7.78. The molecule has 0 saturated carbocycles. The van der Waals surface area contributed by atoms with E-state index in [4.69, 9.17) is 10.5 Å². The second-order valence-corrected chi connectivity index (χ2v) is 3.01. The van der Waals surface area contributed by atoms with Crippen molar-refractivity contribution < 1.29 is 4.74 Å². The number of nitrogens with two attached hydrogens (primary N) is 1. The molecule has 1 aromatic heterocycles. The molecule has 6 heteroatoms. The fraction of sp³-hybridized carbons (Fsp3) is 0.100. The van der Waals surface area contributed by atoms with Crippen LogP contribution >= 0.6 is 0 Å². The summed E-state index contributed by atoms with van der Waals surface area (Å²) in [5.41, 5.74) is 6.24. The number of aromatic nitrogens is 3. The lowest BCUT2D eigenvalue weighted by Crippen LogP contribution is -1.99. The van der Waals surface area contributed by atoms with Gasteiger partial charge < -0.3 is 15.8 Å². The molecule has 0 spiro atoms. The van der Waals surface area contributed by atoms with Crippen molar-refractivity contribution in [2.45, 2.75) is 0 Å². The van der Waals surface area contributed by atoms with Gasteiger partial charge in [0.15, 0.2) is 0 Å². The average molecular weight is 217 g/mol. The smallest absolute Gasteiger partial charge is 0.326 e. The van der Waals surface area contributed by atoms with Gasteiger partial charge in [-0.3, -0.25) is 0 Å². The van der Waals surface area contributed by atoms with Gasteiger partial charge in [-0.25, -0.2) is 4.98 Å². The first kappa shape index (κ1) is 10.2. The van der Waals surface area contributed by atoms with Gasteiger partial charge in [0.25, 0.3) is 0 Å². The number of anilines is 2. The second-order valence-electron chi connectivity index (χ2n) is 3.01. The van der Waals surface area contributed by atoms with Gasteiger partial charge in [0.1, 0.15) is 12.1 Å². The average Bonchev–Trinajstić information content (AvgIpc) is 2.32. The van der Waals surface area contributed by atoms with Crippen molar-refractivity contribution in [3.63, 3.8) is 0 Å². The van der Waals surface area contributed by atoms with Crippen molar-refractivity contribution in [1.29, 1.82) is 0 Å². The molecule has 2 aromatic rings. The van der Waals surface area contributed by atoms with Crippen molar-refractivity contribution in [2.24, 2.45) is 0 Å². The Morgan fingerprint density at radius 3 is 2.62 bits per heavy atom. The Hall–Kier alpha value is -2.37. The molecule has 0 bridgehead atoms. The Morgan fingerprint density at radius 1 is 1.19 bits per heavy atom. The van der Waals surface area contributed by atoms with Crippen LogP contribution in [0.4, 0.5) is 11.6 Å². The molecule has 0 saturated heterocycles. The minimum atomic E-state index is 0.240. The summed E-state index contributed by atoms with van der Waals surface area (Å²) in [6, 6.07) is 7.23. The third kappa shape index (κ3) is 2.35. The summed E-state index contributed by atoms with van der Waals surface area (Å²) < 4.78 is 5.42. The highest BCUT2D eigenvalue weighted by Gasteiger charge is 2.01. The van der Waals surface area contributed by atoms with Gasteiger partial charge in [-0.15, -0.1) is 0 Å². The van der Waals surface area contributed by atoms with Crippen molar-refractivity contribution in [1.82, 2.24) is 15.0 Å². The number of hydrogen-bond acceptors (Lipinski definition) is 6. The van der Waals surface area contributed by atoms with E-state index < -0.39 is 0 Å². The molecule has 6 nitrogen and oxygen atoms in total. The van der Waals surface area contributed by atoms with E-state index in [0.29, 0.717) is 17.4 Å². The lowest BCUT2D eigenvalue weighted by atomic mass is 10.3. The van der Waals surface area contributed by atoms with Crippen molar-refractivity contribution >= 4 is 11.6 Å². The Bertz CT molecular complexity index is 471. The van der Waals surface area contributed by atoms with Gasteiger partial charge in [-0.2, -0.15) is 9.97 Å². The number of nitrogens with zero attached hydrogens (tertiary/aromatic N) is 3. The minimum Gasteiger partial charge on any atom is -0.424 e. The number of hydrogen-bond donors (Lipinski definition) is 2. The molecule has 0 atom stereocenters. The van der Waals surface area contributed by atoms with E-state index in [-0.39, 0.29) is 6.01 Å². The molecule has 0 fully saturated rings. The maximum Gasteiger partial charge on any atom is 0.326 e. The van der Waals surface area contributed by atoms with Crippen LogP contribution in [0.15, 0.2) is 30.6 Å². The van der Waals surface area contributed by atoms with Crippen LogP contribution in [0, 0.1) is 0 Å². The monoisotopic (exact) mass is 217 g/mol. The predicted molar refractivity (Wildman–Crippen MR) is 60.3 cm³/mol. The fourth-order valence-electron chi connectivity index (χ4n) is 1.09. The zero-order valence-corrected chi connectivity index (χ0v) is 8.71. The van der Waals surface area contributed by atoms with Gasteiger partial charge in [-0.1, -0.05) is 0 Å². The van der Waals surface area contributed by atoms with E-state index in [1.807, 2.05) is 0 Å². The highest BCUT2D eigenvalue weighted by atomic mass is 16.5. The van der Waals surface area contributed by atoms with Crippen LogP contribution in [0.25, 0.3) is 0 Å². The standard InChI is InChI=1S/C10H11N5O/c1-12-9-13-6-14-10(15-9)16-8-4-2-7(11)3-5-8/h2-6H,11H2,1H3,(H,12,13,14,15). The van der Waals surface area contributed by atoms with Crippen molar-refractivity contribution in [3.8, 4) is 11.8 Å². The molecule has 0 unspecified atom stereocenters. The predicted octanol–water partition coefficient (Wildman–Crippen LogP) is 1.29. The van der Waals surface area contributed by atoms with E-state index in [9.17, 15) is 0 Å². The van der Waals surface area contributed by atoms with Gasteiger partial charge >= 0.3 is 6.01 Å². The molecule has 0 amide bonds. The maximum atomic E-state index is 5.56. The van der Waals surface area contributed by atoms with Crippen LogP contribution in [0.5, 0.6) is 11.8 Å². The first-order valence-corrected chi connectivity index (χ1v) is 4.68. The zero-order valence-electron chi connectivity index (χ0n) is 8.71. The van der Waals surface area contributed by atoms with Crippen LogP contribution in [0.2, 0.25) is 0 Å². The maximum absolute atomic E-state index is 5.56. The molecule has 1 aromatic carbocycles. The van der Waals surface area contributed by atoms with E-state index in [2.05, 4.69) is 20.3 Å². The molecule has 82 valence electrons. The van der Waals surface area contributed by atoms with Gasteiger partial charge in [-0.05, 0) is 24.3 Å². The number of rotatable bonds is 3. The lowest BCUT2D eigenvalue weighted by Gasteiger charge is -2.04. The third-order valence-corrected chi connectivity index (χ3v) is 1.86. The van der Waals surface area contributed by atoms with Crippen LogP contribution in [0.1, 0.15) is 0 Å². The van der Waals surface area contributed by atoms with Crippen LogP contribution in [-0.4, -0.2) is 22.0 Å². The number of nitrogen functional groups attached to an aromatic ring is 1. The summed E-state index contributed by atoms with van der Waals surface area (Å²) in [7, 11) is 1.72. The molecular weight excluding hydrogens is 206 g/mol. The molecule has 0 radical (unpaired) electrons. The van der Waals surface area contributed by atoms with Crippen molar-refractivity contribution in [3.05, 3.63) is 30.6 Å². The Labute approximate surface area is 92.5 Å². The fourth-order valence-corrected chi connectivity index (χ4v) is 1.09. The molecule has 0 aliphatic heterocycles. The third-order valence-electron chi connectivity index (χ3n) is 1.86. The van der Waals surface area contributed by atoms with Gasteiger partial charge in [0, 0.05) is 12.7 Å². The lowest BCUT2D eigenvalue weighted by molar-refractivity contribution is 0.440. The molecule has 0 aliphatic rings. The van der Waals surface area contributed by atoms with Crippen LogP contribution in [0.3, 0.4) is 0 Å². The molecule has 3 N–H and O–H groups in total. The highest BCUT2D eigenvalue weighted by molar-refractivity contribution is 5.42. The van der Waals surface area contributed by atoms with Crippen LogP contribution in [-0.2, 0) is 0 Å². The van der Waals surface area contributed by atoms with E-state index >= 15 is 0 Å². The molecule has 2 rings (SSSR count). The molecular formula is C10H11N5O. The Morgan fingerprint density at radius 2 is 1.94 bits per heavy atom. The largest absolute Gasteiger partial charge is 0.424 e. The van der Waals surface area contributed by atoms with Crippen molar-refractivity contribution in [2.75, 3.05) is 18.1 Å². The second kappa shape index (κ2) is 4.43. The minimum absolute atomic E-state index is 0.240. The summed E-state index contributed by atoms with van der Waals surface area (Å²) in [6.07, 6.45) is 1.38. The quantitative estimate of drug-likeness (QED) is 0.753. The topological polar surface area (TPSA) is 86.0 Å². The van der Waals surface area contributed by atoms with E-state index in [1.54, 1.807) is 31.3 Å². The highest BCUT2D eigenvalue weighted by Crippen LogP contribution is 2.18. The van der Waals surface area contributed by atoms with Gasteiger partial charge in [0.05, 0.1) is 0 Å². The van der Waals surface area contributed by atoms with Gasteiger partial charge in [0.2, 0.25) is 5.95 Å². The van der Waals surface area contributed by atoms with Crippen LogP contribution < -0.4 is 15.8 Å². The summed E-state index contributed by atoms with van der Waals surface area (Å²) >= 11 is 0. The SMILES string of the molecule is CNc1ncnc(Oc2ccc(N)cc2)n1. The first-order valence-electron chi connectivity index (χ1n) is 4.68. The number of benzene rings is 1. The summed E-state index contributed by atoms with van der Waals surface area (Å²) in [4.78, 5) is 11.8. The number of ether oxygens (including phenoxy) is 1. The molecule has 0 aliphatic carbocycles. The normalized spacial score (nSPS) is 9.81. The summed E-state index contributed by atoms with van der Waals surface area (Å²) in [6.45, 7) is 0. The molecule has 1 heterocycles. The Balaban J connectivity index is 2.16. The number of nitrogens with one attached hydrogen (secondary N) is 1. The Kier molecular flexibility index (Phi) is 2.81. The summed E-state index contributed by atoms with van der Waals surface area (Å²) in [5.74, 6) is 1.09. The molecule has 16 heavy (non-hydrogen) atoms. The zero-order chi connectivity index (χ0) is 11.4. The summed E-state index contributed by atoms with van der Waals surface area (Å²) in [5, 5.41) is 2.80. The van der Waals surface area contributed by atoms with E-state index in [0.717, 1.165) is 0 Å².